The van der Waals surface area contributed by atoms with Crippen LogP contribution in [0.15, 0.2) is 35.3 Å². The van der Waals surface area contributed by atoms with Gasteiger partial charge in [0.25, 0.3) is 0 Å². The summed E-state index contributed by atoms with van der Waals surface area (Å²) in [5.41, 5.74) is 11.7. The summed E-state index contributed by atoms with van der Waals surface area (Å²) < 4.78 is 0. The van der Waals surface area contributed by atoms with Gasteiger partial charge in [-0.15, -0.1) is 12.4 Å². The number of nitrogens with zero attached hydrogens (tertiary/aromatic N) is 2. The Hall–Kier alpha value is -2.65. The molecule has 2 amide bonds. The number of nitrogens with two attached hydrogens (primary N) is 2. The minimum atomic E-state index is -0.638. The molecular formula is C22H35ClN6O3. The van der Waals surface area contributed by atoms with E-state index < -0.39 is 6.04 Å². The van der Waals surface area contributed by atoms with Crippen molar-refractivity contribution in [2.45, 2.75) is 50.6 Å². The second-order valence-electron chi connectivity index (χ2n) is 7.76. The van der Waals surface area contributed by atoms with Crippen molar-refractivity contribution in [1.29, 1.82) is 0 Å². The number of benzene rings is 1. The molecule has 1 heterocycles. The van der Waals surface area contributed by atoms with E-state index in [1.54, 1.807) is 4.90 Å². The van der Waals surface area contributed by atoms with Crippen molar-refractivity contribution < 1.29 is 14.4 Å². The number of halogens is 1. The standard InChI is InChI=1S/C22H34N6O3.ClH/c23-22(24)26-13-6-9-18(16-29)27-20(30)15-28(14-11-17-7-2-1-3-8-17)21(31)19-10-4-5-12-25-19;/h1-3,7-8,16,18-19,25H,4-6,9-15H2,(H,27,30)(H4,23,24,26);1H/t18-,19+;/m0./s1. The van der Waals surface area contributed by atoms with E-state index in [1.165, 1.54) is 0 Å². The lowest BCUT2D eigenvalue weighted by Crippen LogP contribution is -2.52. The van der Waals surface area contributed by atoms with E-state index in [1.807, 2.05) is 30.3 Å². The number of piperidine rings is 1. The Morgan fingerprint density at radius 2 is 2.00 bits per heavy atom. The molecule has 0 saturated carbocycles. The first-order valence-corrected chi connectivity index (χ1v) is 10.9. The maximum absolute atomic E-state index is 13.1. The largest absolute Gasteiger partial charge is 0.370 e. The van der Waals surface area contributed by atoms with Crippen molar-refractivity contribution in [2.24, 2.45) is 16.5 Å². The Morgan fingerprint density at radius 1 is 1.25 bits per heavy atom. The molecule has 0 radical (unpaired) electrons. The maximum atomic E-state index is 13.1. The molecule has 10 heteroatoms. The smallest absolute Gasteiger partial charge is 0.240 e. The molecule has 1 aliphatic heterocycles. The summed E-state index contributed by atoms with van der Waals surface area (Å²) in [5.74, 6) is -0.423. The van der Waals surface area contributed by atoms with Gasteiger partial charge in [-0.2, -0.15) is 0 Å². The molecule has 1 aliphatic rings. The van der Waals surface area contributed by atoms with Crippen LogP contribution in [0.5, 0.6) is 0 Å². The van der Waals surface area contributed by atoms with Gasteiger partial charge in [-0.1, -0.05) is 36.8 Å². The number of rotatable bonds is 12. The first-order valence-electron chi connectivity index (χ1n) is 10.9. The van der Waals surface area contributed by atoms with Gasteiger partial charge < -0.3 is 31.8 Å². The van der Waals surface area contributed by atoms with E-state index in [0.29, 0.717) is 38.6 Å². The van der Waals surface area contributed by atoms with Gasteiger partial charge in [0.15, 0.2) is 5.96 Å². The van der Waals surface area contributed by atoms with Crippen molar-refractivity contribution in [3.8, 4) is 0 Å². The fourth-order valence-electron chi connectivity index (χ4n) is 3.58. The van der Waals surface area contributed by atoms with Gasteiger partial charge in [0, 0.05) is 13.1 Å². The number of amides is 2. The first kappa shape index (κ1) is 27.4. The lowest BCUT2D eigenvalue weighted by Gasteiger charge is -2.30. The van der Waals surface area contributed by atoms with E-state index in [4.69, 9.17) is 11.5 Å². The van der Waals surface area contributed by atoms with E-state index in [-0.39, 0.29) is 42.8 Å². The van der Waals surface area contributed by atoms with Crippen LogP contribution in [0.3, 0.4) is 0 Å². The number of guanidine groups is 1. The SMILES string of the molecule is Cl.NC(N)=NCCC[C@@H](C=O)NC(=O)CN(CCc1ccccc1)C(=O)[C@H]1CCCCN1. The average molecular weight is 467 g/mol. The summed E-state index contributed by atoms with van der Waals surface area (Å²) in [7, 11) is 0. The number of carbonyl (C=O) groups is 3. The van der Waals surface area contributed by atoms with Gasteiger partial charge in [0.2, 0.25) is 11.8 Å². The average Bonchev–Trinajstić information content (AvgIpc) is 2.79. The molecule has 2 rings (SSSR count). The quantitative estimate of drug-likeness (QED) is 0.151. The third-order valence-electron chi connectivity index (χ3n) is 5.25. The number of nitrogens with one attached hydrogen (secondary N) is 2. The lowest BCUT2D eigenvalue weighted by molar-refractivity contribution is -0.138. The Kier molecular flexibility index (Phi) is 13.0. The van der Waals surface area contributed by atoms with Gasteiger partial charge in [0.1, 0.15) is 6.29 Å². The summed E-state index contributed by atoms with van der Waals surface area (Å²) in [4.78, 5) is 42.5. The molecule has 0 unspecified atom stereocenters. The lowest BCUT2D eigenvalue weighted by atomic mass is 10.0. The van der Waals surface area contributed by atoms with Crippen LogP contribution < -0.4 is 22.1 Å². The highest BCUT2D eigenvalue weighted by molar-refractivity contribution is 5.88. The van der Waals surface area contributed by atoms with Crippen molar-refractivity contribution in [3.05, 3.63) is 35.9 Å². The molecular weight excluding hydrogens is 432 g/mol. The fraction of sp³-hybridized carbons (Fsp3) is 0.545. The number of hydrogen-bond donors (Lipinski definition) is 4. The summed E-state index contributed by atoms with van der Waals surface area (Å²) in [6.45, 7) is 1.54. The van der Waals surface area contributed by atoms with E-state index >= 15 is 0 Å². The third kappa shape index (κ3) is 10.1. The molecule has 0 aliphatic carbocycles. The van der Waals surface area contributed by atoms with Crippen LogP contribution in [0.1, 0.15) is 37.7 Å². The zero-order valence-corrected chi connectivity index (χ0v) is 19.2. The van der Waals surface area contributed by atoms with Crippen LogP contribution in [0, 0.1) is 0 Å². The van der Waals surface area contributed by atoms with Crippen molar-refractivity contribution in [1.82, 2.24) is 15.5 Å². The molecule has 32 heavy (non-hydrogen) atoms. The molecule has 6 N–H and O–H groups in total. The van der Waals surface area contributed by atoms with Gasteiger partial charge >= 0.3 is 0 Å². The highest BCUT2D eigenvalue weighted by Gasteiger charge is 2.27. The molecule has 1 saturated heterocycles. The Morgan fingerprint density at radius 3 is 2.62 bits per heavy atom. The summed E-state index contributed by atoms with van der Waals surface area (Å²) >= 11 is 0. The van der Waals surface area contributed by atoms with Crippen molar-refractivity contribution >= 4 is 36.5 Å². The molecule has 0 spiro atoms. The van der Waals surface area contributed by atoms with E-state index in [9.17, 15) is 14.4 Å². The molecule has 1 aromatic carbocycles. The second-order valence-corrected chi connectivity index (χ2v) is 7.76. The van der Waals surface area contributed by atoms with Gasteiger partial charge in [-0.3, -0.25) is 14.6 Å². The van der Waals surface area contributed by atoms with Crippen LogP contribution in [0.25, 0.3) is 0 Å². The van der Waals surface area contributed by atoms with E-state index in [0.717, 1.165) is 31.4 Å². The minimum Gasteiger partial charge on any atom is -0.370 e. The zero-order chi connectivity index (χ0) is 22.5. The van der Waals surface area contributed by atoms with Gasteiger partial charge in [-0.25, -0.2) is 0 Å². The number of aldehydes is 1. The Labute approximate surface area is 195 Å². The number of carbonyl (C=O) groups excluding carboxylic acids is 3. The number of aliphatic imine (C=N–C) groups is 1. The molecule has 1 fully saturated rings. The van der Waals surface area contributed by atoms with Crippen LogP contribution in [0.4, 0.5) is 0 Å². The van der Waals surface area contributed by atoms with Gasteiger partial charge in [0.05, 0.1) is 18.6 Å². The normalized spacial score (nSPS) is 16.2. The highest BCUT2D eigenvalue weighted by Crippen LogP contribution is 2.11. The molecule has 0 aromatic heterocycles. The monoisotopic (exact) mass is 466 g/mol. The minimum absolute atomic E-state index is 0. The van der Waals surface area contributed by atoms with Crippen LogP contribution >= 0.6 is 12.4 Å². The van der Waals surface area contributed by atoms with Crippen molar-refractivity contribution in [2.75, 3.05) is 26.2 Å². The van der Waals surface area contributed by atoms with E-state index in [2.05, 4.69) is 15.6 Å². The molecule has 0 bridgehead atoms. The first-order chi connectivity index (χ1) is 15.0. The molecule has 178 valence electrons. The second kappa shape index (κ2) is 15.2. The summed E-state index contributed by atoms with van der Waals surface area (Å²) in [5, 5.41) is 5.96. The maximum Gasteiger partial charge on any atom is 0.240 e. The summed E-state index contributed by atoms with van der Waals surface area (Å²) in [6, 6.07) is 8.95. The molecule has 9 nitrogen and oxygen atoms in total. The Balaban J connectivity index is 0.00000512. The highest BCUT2D eigenvalue weighted by atomic mass is 35.5. The summed E-state index contributed by atoms with van der Waals surface area (Å²) in [6.07, 6.45) is 5.15. The Bertz CT molecular complexity index is 736. The topological polar surface area (TPSA) is 143 Å². The van der Waals surface area contributed by atoms with Crippen LogP contribution in [-0.4, -0.2) is 67.2 Å². The fourth-order valence-corrected chi connectivity index (χ4v) is 3.58. The number of hydrogen-bond acceptors (Lipinski definition) is 5. The predicted octanol–water partition coefficient (Wildman–Crippen LogP) is 0.359. The van der Waals surface area contributed by atoms with Crippen LogP contribution in [-0.2, 0) is 20.8 Å². The molecule has 2 atom stereocenters. The van der Waals surface area contributed by atoms with Gasteiger partial charge in [-0.05, 0) is 44.2 Å². The zero-order valence-electron chi connectivity index (χ0n) is 18.4. The predicted molar refractivity (Wildman–Crippen MR) is 128 cm³/mol. The third-order valence-corrected chi connectivity index (χ3v) is 5.25. The van der Waals surface area contributed by atoms with Crippen molar-refractivity contribution in [3.63, 3.8) is 0 Å². The van der Waals surface area contributed by atoms with Crippen LogP contribution in [0.2, 0.25) is 0 Å². The molecule has 1 aromatic rings.